The first kappa shape index (κ1) is 16.0. The van der Waals surface area contributed by atoms with Gasteiger partial charge in [0.1, 0.15) is 0 Å². The summed E-state index contributed by atoms with van der Waals surface area (Å²) < 4.78 is 7.26. The molecule has 0 bridgehead atoms. The molecule has 0 aliphatic carbocycles. The Morgan fingerprint density at radius 1 is 1.29 bits per heavy atom. The van der Waals surface area contributed by atoms with Gasteiger partial charge in [0.25, 0.3) is 0 Å². The van der Waals surface area contributed by atoms with Gasteiger partial charge in [0.2, 0.25) is 0 Å². The lowest BCUT2D eigenvalue weighted by Gasteiger charge is -2.17. The van der Waals surface area contributed by atoms with Gasteiger partial charge < -0.3 is 19.7 Å². The first-order valence-corrected chi connectivity index (χ1v) is 7.50. The minimum absolute atomic E-state index is 0.629. The predicted octanol–water partition coefficient (Wildman–Crippen LogP) is 2.54. The number of fused-ring (bicyclic) bond motifs is 1. The van der Waals surface area contributed by atoms with Crippen molar-refractivity contribution in [3.8, 4) is 0 Å². The number of rotatable bonds is 8. The fraction of sp³-hybridized carbons (Fsp3) is 0.529. The van der Waals surface area contributed by atoms with Gasteiger partial charge in [-0.2, -0.15) is 0 Å². The largest absolute Gasteiger partial charge is 0.390 e. The van der Waals surface area contributed by atoms with Crippen molar-refractivity contribution in [2.75, 3.05) is 20.3 Å². The van der Waals surface area contributed by atoms with Crippen molar-refractivity contribution < 1.29 is 9.84 Å². The lowest BCUT2D eigenvalue weighted by atomic mass is 10.1. The van der Waals surface area contributed by atoms with E-state index in [0.29, 0.717) is 0 Å². The summed E-state index contributed by atoms with van der Waals surface area (Å²) in [6.07, 6.45) is 2.85. The Balaban J connectivity index is 2.09. The number of nitrogens with zero attached hydrogens (tertiary/aromatic N) is 1. The van der Waals surface area contributed by atoms with Crippen molar-refractivity contribution in [1.29, 1.82) is 0 Å². The van der Waals surface area contributed by atoms with Crippen LogP contribution in [-0.2, 0) is 17.8 Å². The van der Waals surface area contributed by atoms with E-state index in [-0.39, 0.29) is 0 Å². The lowest BCUT2D eigenvalue weighted by molar-refractivity contribution is 0.0666. The number of aryl methyl sites for hydroxylation is 1. The van der Waals surface area contributed by atoms with Gasteiger partial charge >= 0.3 is 0 Å². The maximum atomic E-state index is 9.87. The van der Waals surface area contributed by atoms with E-state index in [1.807, 2.05) is 13.8 Å². The first-order chi connectivity index (χ1) is 10.0. The van der Waals surface area contributed by atoms with Crippen molar-refractivity contribution in [1.82, 2.24) is 9.88 Å². The fourth-order valence-electron chi connectivity index (χ4n) is 2.43. The zero-order valence-corrected chi connectivity index (χ0v) is 13.2. The Morgan fingerprint density at radius 2 is 2.10 bits per heavy atom. The number of aromatic nitrogens is 1. The molecule has 116 valence electrons. The smallest absolute Gasteiger partial charge is 0.0608 e. The molecule has 0 spiro atoms. The van der Waals surface area contributed by atoms with Crippen LogP contribution >= 0.6 is 0 Å². The van der Waals surface area contributed by atoms with Crippen LogP contribution in [0.3, 0.4) is 0 Å². The molecule has 0 unspecified atom stereocenters. The van der Waals surface area contributed by atoms with Gasteiger partial charge in [-0.3, -0.25) is 0 Å². The highest BCUT2D eigenvalue weighted by molar-refractivity contribution is 5.83. The van der Waals surface area contributed by atoms with Crippen molar-refractivity contribution in [3.05, 3.63) is 36.0 Å². The topological polar surface area (TPSA) is 46.4 Å². The van der Waals surface area contributed by atoms with Gasteiger partial charge in [-0.1, -0.05) is 12.1 Å². The number of aliphatic hydroxyl groups is 1. The quantitative estimate of drug-likeness (QED) is 0.734. The van der Waals surface area contributed by atoms with Crippen LogP contribution in [0.2, 0.25) is 0 Å². The van der Waals surface area contributed by atoms with E-state index in [4.69, 9.17) is 4.74 Å². The number of ether oxygens (including phenoxy) is 1. The molecule has 2 aromatic rings. The zero-order valence-electron chi connectivity index (χ0n) is 13.2. The molecule has 0 saturated carbocycles. The van der Waals surface area contributed by atoms with Gasteiger partial charge in [0.15, 0.2) is 0 Å². The van der Waals surface area contributed by atoms with Gasteiger partial charge in [-0.05, 0) is 38.0 Å². The maximum Gasteiger partial charge on any atom is 0.0608 e. The van der Waals surface area contributed by atoms with E-state index in [9.17, 15) is 5.11 Å². The average Bonchev–Trinajstić information content (AvgIpc) is 2.84. The molecule has 0 atom stereocenters. The molecule has 21 heavy (non-hydrogen) atoms. The third-order valence-electron chi connectivity index (χ3n) is 3.67. The summed E-state index contributed by atoms with van der Waals surface area (Å²) in [4.78, 5) is 0. The molecule has 0 radical (unpaired) electrons. The molecule has 4 nitrogen and oxygen atoms in total. The van der Waals surface area contributed by atoms with Crippen molar-refractivity contribution in [2.24, 2.45) is 0 Å². The Bertz CT molecular complexity index is 570. The van der Waals surface area contributed by atoms with Gasteiger partial charge in [0.05, 0.1) is 12.2 Å². The summed E-state index contributed by atoms with van der Waals surface area (Å²) in [7, 11) is 1.71. The summed E-state index contributed by atoms with van der Waals surface area (Å²) in [5.41, 5.74) is 1.89. The molecule has 0 amide bonds. The van der Waals surface area contributed by atoms with Crippen LogP contribution in [0.5, 0.6) is 0 Å². The molecule has 4 heteroatoms. The Labute approximate surface area is 126 Å². The lowest BCUT2D eigenvalue weighted by Crippen LogP contribution is -2.20. The third-order valence-corrected chi connectivity index (χ3v) is 3.67. The second-order valence-electron chi connectivity index (χ2n) is 6.09. The number of benzene rings is 1. The normalized spacial score (nSPS) is 12.2. The van der Waals surface area contributed by atoms with Crippen LogP contribution in [0.4, 0.5) is 0 Å². The van der Waals surface area contributed by atoms with Crippen LogP contribution in [0.1, 0.15) is 25.8 Å². The number of methoxy groups -OCH3 is 1. The molecule has 0 saturated heterocycles. The van der Waals surface area contributed by atoms with Gasteiger partial charge in [-0.25, -0.2) is 0 Å². The van der Waals surface area contributed by atoms with Crippen molar-refractivity contribution >= 4 is 10.9 Å². The molecule has 0 fully saturated rings. The van der Waals surface area contributed by atoms with Crippen LogP contribution in [0.15, 0.2) is 30.5 Å². The van der Waals surface area contributed by atoms with Gasteiger partial charge in [0, 0.05) is 43.8 Å². The summed E-state index contributed by atoms with van der Waals surface area (Å²) >= 11 is 0. The molecule has 1 aromatic carbocycles. The van der Waals surface area contributed by atoms with E-state index in [1.54, 1.807) is 7.11 Å². The van der Waals surface area contributed by atoms with E-state index < -0.39 is 5.60 Å². The highest BCUT2D eigenvalue weighted by Gasteiger charge is 2.13. The molecule has 1 aromatic heterocycles. The number of hydrogen-bond donors (Lipinski definition) is 2. The van der Waals surface area contributed by atoms with E-state index >= 15 is 0 Å². The van der Waals surface area contributed by atoms with Crippen LogP contribution in [0, 0.1) is 0 Å². The Morgan fingerprint density at radius 3 is 2.81 bits per heavy atom. The van der Waals surface area contributed by atoms with E-state index in [1.165, 1.54) is 16.5 Å². The third kappa shape index (κ3) is 4.56. The summed E-state index contributed by atoms with van der Waals surface area (Å²) in [5, 5.41) is 14.5. The zero-order chi connectivity index (χ0) is 15.3. The highest BCUT2D eigenvalue weighted by atomic mass is 16.5. The second kappa shape index (κ2) is 7.07. The molecule has 1 heterocycles. The predicted molar refractivity (Wildman–Crippen MR) is 86.4 cm³/mol. The van der Waals surface area contributed by atoms with Gasteiger partial charge in [-0.15, -0.1) is 0 Å². The second-order valence-corrected chi connectivity index (χ2v) is 6.09. The summed E-state index contributed by atoms with van der Waals surface area (Å²) in [5.74, 6) is 0. The SMILES string of the molecule is COCCNCc1cccc2c1ccn2CCC(C)(C)O. The Hall–Kier alpha value is -1.36. The van der Waals surface area contributed by atoms with Crippen LogP contribution in [-0.4, -0.2) is 35.5 Å². The van der Waals surface area contributed by atoms with Crippen LogP contribution in [0.25, 0.3) is 10.9 Å². The standard InChI is InChI=1S/C17H26N2O2/c1-17(2,20)8-11-19-10-7-15-14(5-4-6-16(15)19)13-18-9-12-21-3/h4-7,10,18,20H,8-9,11-13H2,1-3H3. The minimum Gasteiger partial charge on any atom is -0.390 e. The number of hydrogen-bond acceptors (Lipinski definition) is 3. The van der Waals surface area contributed by atoms with Crippen molar-refractivity contribution in [2.45, 2.75) is 39.0 Å². The first-order valence-electron chi connectivity index (χ1n) is 7.50. The summed E-state index contributed by atoms with van der Waals surface area (Å²) in [6, 6.07) is 8.55. The van der Waals surface area contributed by atoms with E-state index in [2.05, 4.69) is 40.3 Å². The van der Waals surface area contributed by atoms with E-state index in [0.717, 1.165) is 32.7 Å². The molecule has 2 rings (SSSR count). The highest BCUT2D eigenvalue weighted by Crippen LogP contribution is 2.21. The fourth-order valence-corrected chi connectivity index (χ4v) is 2.43. The average molecular weight is 290 g/mol. The summed E-state index contributed by atoms with van der Waals surface area (Å²) in [6.45, 7) is 6.95. The minimum atomic E-state index is -0.629. The Kier molecular flexibility index (Phi) is 5.39. The molecule has 0 aliphatic heterocycles. The molecule has 2 N–H and O–H groups in total. The molecular formula is C17H26N2O2. The monoisotopic (exact) mass is 290 g/mol. The molecule has 0 aliphatic rings. The molecular weight excluding hydrogens is 264 g/mol. The maximum absolute atomic E-state index is 9.87. The van der Waals surface area contributed by atoms with Crippen molar-refractivity contribution in [3.63, 3.8) is 0 Å². The van der Waals surface area contributed by atoms with Crippen LogP contribution < -0.4 is 5.32 Å². The number of nitrogens with one attached hydrogen (secondary N) is 1.